The monoisotopic (exact) mass is 251 g/mol. The summed E-state index contributed by atoms with van der Waals surface area (Å²) >= 11 is 0. The van der Waals surface area contributed by atoms with Gasteiger partial charge in [-0.15, -0.1) is 0 Å². The number of piperazine rings is 1. The molecule has 0 aromatic heterocycles. The Morgan fingerprint density at radius 1 is 1.44 bits per heavy atom. The van der Waals surface area contributed by atoms with Crippen molar-refractivity contribution in [1.82, 2.24) is 10.6 Å². The second-order valence-corrected chi connectivity index (χ2v) is 4.37. The first-order valence-corrected chi connectivity index (χ1v) is 6.17. The van der Waals surface area contributed by atoms with Gasteiger partial charge in [0.15, 0.2) is 0 Å². The molecule has 1 aromatic rings. The number of amides is 1. The van der Waals surface area contributed by atoms with Gasteiger partial charge in [0.2, 0.25) is 5.91 Å². The van der Waals surface area contributed by atoms with Gasteiger partial charge in [0.1, 0.15) is 11.9 Å². The van der Waals surface area contributed by atoms with Gasteiger partial charge in [-0.05, 0) is 44.3 Å². The highest BCUT2D eigenvalue weighted by molar-refractivity contribution is 5.86. The van der Waals surface area contributed by atoms with Gasteiger partial charge >= 0.3 is 0 Å². The van der Waals surface area contributed by atoms with Crippen LogP contribution in [0.15, 0.2) is 24.3 Å². The smallest absolute Gasteiger partial charge is 0.242 e. The minimum atomic E-state index is -0.257. The van der Waals surface area contributed by atoms with Crippen LogP contribution in [0.1, 0.15) is 6.42 Å². The van der Waals surface area contributed by atoms with E-state index in [2.05, 4.69) is 10.6 Å². The van der Waals surface area contributed by atoms with Crippen LogP contribution in [0.25, 0.3) is 0 Å². The summed E-state index contributed by atoms with van der Waals surface area (Å²) in [5.41, 5.74) is 0.896. The van der Waals surface area contributed by atoms with E-state index in [-0.39, 0.29) is 17.8 Å². The van der Waals surface area contributed by atoms with E-state index in [9.17, 15) is 9.18 Å². The molecule has 2 rings (SSSR count). The Bertz CT molecular complexity index is 407. The van der Waals surface area contributed by atoms with Crippen molar-refractivity contribution in [1.29, 1.82) is 0 Å². The van der Waals surface area contributed by atoms with Gasteiger partial charge < -0.3 is 15.5 Å². The molecule has 0 aliphatic carbocycles. The van der Waals surface area contributed by atoms with Crippen LogP contribution in [0.4, 0.5) is 10.1 Å². The van der Waals surface area contributed by atoms with Crippen LogP contribution in [0.2, 0.25) is 0 Å². The van der Waals surface area contributed by atoms with Gasteiger partial charge in [0.05, 0.1) is 0 Å². The summed E-state index contributed by atoms with van der Waals surface area (Å²) < 4.78 is 12.9. The van der Waals surface area contributed by atoms with Crippen LogP contribution in [0, 0.1) is 5.82 Å². The molecule has 1 aromatic carbocycles. The lowest BCUT2D eigenvalue weighted by molar-refractivity contribution is -0.123. The second kappa shape index (κ2) is 5.82. The first kappa shape index (κ1) is 12.8. The van der Waals surface area contributed by atoms with Crippen molar-refractivity contribution in [3.63, 3.8) is 0 Å². The molecular formula is C13H18FN3O. The number of carbonyl (C=O) groups excluding carboxylic acids is 1. The van der Waals surface area contributed by atoms with E-state index in [1.54, 1.807) is 12.1 Å². The Balaban J connectivity index is 2.16. The zero-order valence-electron chi connectivity index (χ0n) is 10.4. The molecule has 4 nitrogen and oxygen atoms in total. The van der Waals surface area contributed by atoms with Crippen molar-refractivity contribution < 1.29 is 9.18 Å². The molecule has 1 saturated heterocycles. The summed E-state index contributed by atoms with van der Waals surface area (Å²) in [5, 5.41) is 5.92. The number of nitrogens with zero attached hydrogens (tertiary/aromatic N) is 1. The zero-order chi connectivity index (χ0) is 13.0. The molecule has 1 aliphatic heterocycles. The Hall–Kier alpha value is -1.62. The summed E-state index contributed by atoms with van der Waals surface area (Å²) in [6.07, 6.45) is 0.736. The van der Waals surface area contributed by atoms with Gasteiger partial charge in [-0.25, -0.2) is 4.39 Å². The molecule has 1 heterocycles. The van der Waals surface area contributed by atoms with E-state index >= 15 is 0 Å². The highest BCUT2D eigenvalue weighted by Crippen LogP contribution is 2.20. The molecule has 18 heavy (non-hydrogen) atoms. The second-order valence-electron chi connectivity index (χ2n) is 4.37. The van der Waals surface area contributed by atoms with Crippen molar-refractivity contribution in [3.8, 4) is 0 Å². The lowest BCUT2D eigenvalue weighted by Gasteiger charge is -2.36. The molecule has 1 unspecified atom stereocenters. The van der Waals surface area contributed by atoms with Crippen molar-refractivity contribution in [3.05, 3.63) is 30.1 Å². The first-order valence-electron chi connectivity index (χ1n) is 6.17. The number of nitrogens with one attached hydrogen (secondary N) is 2. The third kappa shape index (κ3) is 2.79. The van der Waals surface area contributed by atoms with Crippen LogP contribution >= 0.6 is 0 Å². The highest BCUT2D eigenvalue weighted by atomic mass is 19.1. The standard InChI is InChI=1S/C13H18FN3O/c1-15-7-6-12-13(18)16-8-9-17(12)11-4-2-10(14)3-5-11/h2-5,12,15H,6-9H2,1H3,(H,16,18). The van der Waals surface area contributed by atoms with E-state index < -0.39 is 0 Å². The van der Waals surface area contributed by atoms with Crippen LogP contribution in [-0.2, 0) is 4.79 Å². The largest absolute Gasteiger partial charge is 0.358 e. The number of anilines is 1. The fourth-order valence-corrected chi connectivity index (χ4v) is 2.22. The van der Waals surface area contributed by atoms with Gasteiger partial charge in [0, 0.05) is 18.8 Å². The SMILES string of the molecule is CNCCC1C(=O)NCCN1c1ccc(F)cc1. The summed E-state index contributed by atoms with van der Waals surface area (Å²) in [7, 11) is 1.86. The Morgan fingerprint density at radius 2 is 2.17 bits per heavy atom. The average molecular weight is 251 g/mol. The normalized spacial score (nSPS) is 19.8. The molecule has 0 radical (unpaired) electrons. The number of carbonyl (C=O) groups is 1. The molecule has 0 spiro atoms. The first-order chi connectivity index (χ1) is 8.72. The van der Waals surface area contributed by atoms with Crippen molar-refractivity contribution in [2.24, 2.45) is 0 Å². The maximum atomic E-state index is 12.9. The molecule has 1 aliphatic rings. The van der Waals surface area contributed by atoms with E-state index in [1.165, 1.54) is 12.1 Å². The van der Waals surface area contributed by atoms with Crippen molar-refractivity contribution >= 4 is 11.6 Å². The quantitative estimate of drug-likeness (QED) is 0.829. The summed E-state index contributed by atoms with van der Waals surface area (Å²) in [4.78, 5) is 13.9. The molecule has 0 bridgehead atoms. The molecule has 1 fully saturated rings. The minimum absolute atomic E-state index is 0.0424. The molecule has 1 atom stereocenters. The zero-order valence-corrected chi connectivity index (χ0v) is 10.4. The topological polar surface area (TPSA) is 44.4 Å². The van der Waals surface area contributed by atoms with E-state index in [0.717, 1.165) is 25.2 Å². The number of halogens is 1. The van der Waals surface area contributed by atoms with Crippen molar-refractivity contribution in [2.45, 2.75) is 12.5 Å². The maximum absolute atomic E-state index is 12.9. The Morgan fingerprint density at radius 3 is 2.83 bits per heavy atom. The molecule has 1 amide bonds. The molecular weight excluding hydrogens is 233 g/mol. The number of hydrogen-bond acceptors (Lipinski definition) is 3. The highest BCUT2D eigenvalue weighted by Gasteiger charge is 2.29. The van der Waals surface area contributed by atoms with E-state index in [0.29, 0.717) is 6.54 Å². The Kier molecular flexibility index (Phi) is 4.15. The van der Waals surface area contributed by atoms with Crippen LogP contribution in [-0.4, -0.2) is 38.6 Å². The predicted octanol–water partition coefficient (Wildman–Crippen LogP) is 0.740. The van der Waals surface area contributed by atoms with Crippen molar-refractivity contribution in [2.75, 3.05) is 31.6 Å². The third-order valence-electron chi connectivity index (χ3n) is 3.16. The molecule has 0 saturated carbocycles. The number of benzene rings is 1. The molecule has 2 N–H and O–H groups in total. The van der Waals surface area contributed by atoms with Gasteiger partial charge in [0.25, 0.3) is 0 Å². The number of rotatable bonds is 4. The number of hydrogen-bond donors (Lipinski definition) is 2. The average Bonchev–Trinajstić information content (AvgIpc) is 2.38. The lowest BCUT2D eigenvalue weighted by Crippen LogP contribution is -2.56. The predicted molar refractivity (Wildman–Crippen MR) is 69.1 cm³/mol. The van der Waals surface area contributed by atoms with Gasteiger partial charge in [-0.3, -0.25) is 4.79 Å². The van der Waals surface area contributed by atoms with Gasteiger partial charge in [-0.1, -0.05) is 0 Å². The van der Waals surface area contributed by atoms with E-state index in [4.69, 9.17) is 0 Å². The summed E-state index contributed by atoms with van der Waals surface area (Å²) in [5.74, 6) is -0.215. The molecule has 5 heteroatoms. The van der Waals surface area contributed by atoms with Crippen LogP contribution < -0.4 is 15.5 Å². The lowest BCUT2D eigenvalue weighted by atomic mass is 10.1. The molecule has 98 valence electrons. The van der Waals surface area contributed by atoms with Crippen LogP contribution in [0.5, 0.6) is 0 Å². The van der Waals surface area contributed by atoms with E-state index in [1.807, 2.05) is 11.9 Å². The fourth-order valence-electron chi connectivity index (χ4n) is 2.22. The summed E-state index contributed by atoms with van der Waals surface area (Å²) in [6, 6.07) is 6.12. The fraction of sp³-hybridized carbons (Fsp3) is 0.462. The summed E-state index contributed by atoms with van der Waals surface area (Å²) in [6.45, 7) is 2.16. The third-order valence-corrected chi connectivity index (χ3v) is 3.16. The minimum Gasteiger partial charge on any atom is -0.358 e. The van der Waals surface area contributed by atoms with Gasteiger partial charge in [-0.2, -0.15) is 0 Å². The maximum Gasteiger partial charge on any atom is 0.242 e. The Labute approximate surface area is 106 Å². The van der Waals surface area contributed by atoms with Crippen LogP contribution in [0.3, 0.4) is 0 Å².